The van der Waals surface area contributed by atoms with Gasteiger partial charge in [-0.1, -0.05) is 15.9 Å². The van der Waals surface area contributed by atoms with Gasteiger partial charge in [-0.15, -0.1) is 0 Å². The van der Waals surface area contributed by atoms with Crippen molar-refractivity contribution in [3.8, 4) is 23.3 Å². The van der Waals surface area contributed by atoms with E-state index in [2.05, 4.69) is 32.0 Å². The molecule has 2 heterocycles. The number of ether oxygens (including phenoxy) is 3. The van der Waals surface area contributed by atoms with Gasteiger partial charge in [-0.25, -0.2) is 4.98 Å². The highest BCUT2D eigenvalue weighted by atomic mass is 79.9. The molecule has 0 bridgehead atoms. The predicted molar refractivity (Wildman–Crippen MR) is 96.4 cm³/mol. The molecule has 1 aliphatic rings. The molecule has 25 heavy (non-hydrogen) atoms. The Morgan fingerprint density at radius 2 is 2.12 bits per heavy atom. The number of H-pyrrole nitrogens is 1. The number of rotatable bonds is 3. The minimum Gasteiger partial charge on any atom is -0.497 e. The second-order valence-corrected chi connectivity index (χ2v) is 6.22. The first-order valence-electron chi connectivity index (χ1n) is 7.43. The van der Waals surface area contributed by atoms with Crippen molar-refractivity contribution in [2.75, 3.05) is 13.9 Å². The number of allylic oxidation sites excluding steroid dienone is 1. The topological polar surface area (TPSA) is 80.2 Å². The molecule has 0 saturated carbocycles. The molecule has 4 rings (SSSR count). The van der Waals surface area contributed by atoms with E-state index in [0.29, 0.717) is 22.9 Å². The quantitative estimate of drug-likeness (QED) is 0.672. The number of hydrogen-bond donors (Lipinski definition) is 1. The first kappa shape index (κ1) is 15.5. The smallest absolute Gasteiger partial charge is 0.231 e. The van der Waals surface area contributed by atoms with Gasteiger partial charge in [0.2, 0.25) is 6.79 Å². The Bertz CT molecular complexity index is 1050. The molecule has 0 aliphatic carbocycles. The van der Waals surface area contributed by atoms with E-state index in [1.165, 1.54) is 0 Å². The van der Waals surface area contributed by atoms with Crippen LogP contribution in [0.4, 0.5) is 0 Å². The van der Waals surface area contributed by atoms with Crippen molar-refractivity contribution in [1.29, 1.82) is 5.26 Å². The van der Waals surface area contributed by atoms with E-state index in [1.807, 2.05) is 30.3 Å². The molecule has 0 radical (unpaired) electrons. The van der Waals surface area contributed by atoms with Gasteiger partial charge in [0, 0.05) is 10.5 Å². The summed E-state index contributed by atoms with van der Waals surface area (Å²) < 4.78 is 16.8. The summed E-state index contributed by atoms with van der Waals surface area (Å²) in [6.45, 7) is 0.200. The molecule has 0 amide bonds. The Kier molecular flexibility index (Phi) is 3.82. The van der Waals surface area contributed by atoms with Gasteiger partial charge in [0.05, 0.1) is 23.7 Å². The summed E-state index contributed by atoms with van der Waals surface area (Å²) in [5.74, 6) is 2.55. The molecule has 7 heteroatoms. The Balaban J connectivity index is 1.78. The minimum absolute atomic E-state index is 0.200. The highest BCUT2D eigenvalue weighted by Gasteiger charge is 2.17. The van der Waals surface area contributed by atoms with E-state index < -0.39 is 0 Å². The zero-order valence-electron chi connectivity index (χ0n) is 13.2. The average molecular weight is 398 g/mol. The normalized spacial score (nSPS) is 13.1. The number of aromatic amines is 1. The molecule has 6 nitrogen and oxygen atoms in total. The number of nitrogens with zero attached hydrogens (tertiary/aromatic N) is 2. The summed E-state index contributed by atoms with van der Waals surface area (Å²) in [6.07, 6.45) is 1.75. The lowest BCUT2D eigenvalue weighted by Crippen LogP contribution is -1.92. The van der Waals surface area contributed by atoms with Crippen LogP contribution in [-0.4, -0.2) is 23.9 Å². The van der Waals surface area contributed by atoms with Crippen LogP contribution in [0.5, 0.6) is 17.2 Å². The summed E-state index contributed by atoms with van der Waals surface area (Å²) >= 11 is 3.50. The molecule has 0 unspecified atom stereocenters. The standard InChI is InChI=1S/C18H12BrN3O3/c1-23-12-2-3-14-15(6-12)22-18(21-14)11(8-20)4-10-5-16-17(7-13(10)19)25-9-24-16/h2-7H,9H2,1H3,(H,21,22)/b11-4+. The number of imidazole rings is 1. The van der Waals surface area contributed by atoms with Crippen molar-refractivity contribution < 1.29 is 14.2 Å². The molecule has 1 aromatic heterocycles. The van der Waals surface area contributed by atoms with Crippen molar-refractivity contribution in [3.63, 3.8) is 0 Å². The molecular weight excluding hydrogens is 386 g/mol. The van der Waals surface area contributed by atoms with Gasteiger partial charge in [-0.2, -0.15) is 5.26 Å². The van der Waals surface area contributed by atoms with E-state index >= 15 is 0 Å². The van der Waals surface area contributed by atoms with Crippen molar-refractivity contribution >= 4 is 38.6 Å². The summed E-state index contributed by atoms with van der Waals surface area (Å²) in [4.78, 5) is 7.64. The number of benzene rings is 2. The highest BCUT2D eigenvalue weighted by molar-refractivity contribution is 9.10. The lowest BCUT2D eigenvalue weighted by molar-refractivity contribution is 0.174. The Labute approximate surface area is 151 Å². The van der Waals surface area contributed by atoms with Crippen LogP contribution in [0.15, 0.2) is 34.8 Å². The Morgan fingerprint density at radius 1 is 1.32 bits per heavy atom. The highest BCUT2D eigenvalue weighted by Crippen LogP contribution is 2.38. The Morgan fingerprint density at radius 3 is 2.88 bits per heavy atom. The molecule has 0 atom stereocenters. The fourth-order valence-electron chi connectivity index (χ4n) is 2.60. The SMILES string of the molecule is COc1ccc2nc(/C(C#N)=C/c3cc4c(cc3Br)OCO4)[nH]c2c1. The van der Waals surface area contributed by atoms with Crippen molar-refractivity contribution in [3.05, 3.63) is 46.2 Å². The fraction of sp³-hybridized carbons (Fsp3) is 0.111. The third kappa shape index (κ3) is 2.81. The van der Waals surface area contributed by atoms with E-state index in [0.717, 1.165) is 26.8 Å². The third-order valence-corrected chi connectivity index (χ3v) is 4.54. The molecule has 2 aromatic carbocycles. The zero-order valence-corrected chi connectivity index (χ0v) is 14.8. The van der Waals surface area contributed by atoms with Gasteiger partial charge in [0.15, 0.2) is 11.5 Å². The van der Waals surface area contributed by atoms with E-state index in [-0.39, 0.29) is 6.79 Å². The first-order chi connectivity index (χ1) is 12.2. The van der Waals surface area contributed by atoms with Crippen molar-refractivity contribution in [2.45, 2.75) is 0 Å². The second kappa shape index (κ2) is 6.15. The van der Waals surface area contributed by atoms with Crippen LogP contribution in [0.1, 0.15) is 11.4 Å². The maximum absolute atomic E-state index is 9.58. The first-order valence-corrected chi connectivity index (χ1v) is 8.22. The summed E-state index contributed by atoms with van der Waals surface area (Å²) in [5.41, 5.74) is 2.79. The number of nitrogens with one attached hydrogen (secondary N) is 1. The molecule has 3 aromatic rings. The molecule has 0 spiro atoms. The molecule has 0 saturated heterocycles. The summed E-state index contributed by atoms with van der Waals surface area (Å²) in [7, 11) is 1.61. The van der Waals surface area contributed by atoms with Crippen LogP contribution >= 0.6 is 15.9 Å². The number of aromatic nitrogens is 2. The monoisotopic (exact) mass is 397 g/mol. The number of nitriles is 1. The maximum atomic E-state index is 9.58. The molecule has 1 N–H and O–H groups in total. The lowest BCUT2D eigenvalue weighted by Gasteiger charge is -2.02. The molecular formula is C18H12BrN3O3. The van der Waals surface area contributed by atoms with Gasteiger partial charge in [-0.3, -0.25) is 0 Å². The van der Waals surface area contributed by atoms with Gasteiger partial charge in [0.1, 0.15) is 17.6 Å². The average Bonchev–Trinajstić information content (AvgIpc) is 3.24. The van der Waals surface area contributed by atoms with E-state index in [4.69, 9.17) is 14.2 Å². The van der Waals surface area contributed by atoms with Crippen LogP contribution in [0, 0.1) is 11.3 Å². The van der Waals surface area contributed by atoms with Crippen LogP contribution < -0.4 is 14.2 Å². The van der Waals surface area contributed by atoms with Gasteiger partial charge >= 0.3 is 0 Å². The lowest BCUT2D eigenvalue weighted by atomic mass is 10.1. The number of halogens is 1. The summed E-state index contributed by atoms with van der Waals surface area (Å²) in [6, 6.07) is 11.4. The Hall–Kier alpha value is -2.98. The van der Waals surface area contributed by atoms with Crippen molar-refractivity contribution in [2.24, 2.45) is 0 Å². The number of methoxy groups -OCH3 is 1. The van der Waals surface area contributed by atoms with E-state index in [1.54, 1.807) is 13.2 Å². The predicted octanol–water partition coefficient (Wildman–Crippen LogP) is 4.13. The molecule has 124 valence electrons. The van der Waals surface area contributed by atoms with Crippen LogP contribution in [-0.2, 0) is 0 Å². The molecule has 1 aliphatic heterocycles. The van der Waals surface area contributed by atoms with Crippen LogP contribution in [0.2, 0.25) is 0 Å². The van der Waals surface area contributed by atoms with Gasteiger partial charge in [-0.05, 0) is 35.9 Å². The fourth-order valence-corrected chi connectivity index (χ4v) is 3.03. The summed E-state index contributed by atoms with van der Waals surface area (Å²) in [5, 5.41) is 9.58. The third-order valence-electron chi connectivity index (χ3n) is 3.86. The van der Waals surface area contributed by atoms with Crippen LogP contribution in [0.3, 0.4) is 0 Å². The largest absolute Gasteiger partial charge is 0.497 e. The second-order valence-electron chi connectivity index (χ2n) is 5.37. The maximum Gasteiger partial charge on any atom is 0.231 e. The van der Waals surface area contributed by atoms with Crippen LogP contribution in [0.25, 0.3) is 22.7 Å². The number of fused-ring (bicyclic) bond motifs is 2. The van der Waals surface area contributed by atoms with Gasteiger partial charge < -0.3 is 19.2 Å². The van der Waals surface area contributed by atoms with Crippen molar-refractivity contribution in [1.82, 2.24) is 9.97 Å². The van der Waals surface area contributed by atoms with Gasteiger partial charge in [0.25, 0.3) is 0 Å². The van der Waals surface area contributed by atoms with E-state index in [9.17, 15) is 5.26 Å². The molecule has 0 fully saturated rings. The number of hydrogen-bond acceptors (Lipinski definition) is 5. The zero-order chi connectivity index (χ0) is 17.4. The minimum atomic E-state index is 0.200.